The van der Waals surface area contributed by atoms with Crippen LogP contribution in [-0.2, 0) is 0 Å². The molecule has 4 nitrogen and oxygen atoms in total. The Bertz CT molecular complexity index is 862. The maximum atomic E-state index is 8.88. The molecule has 0 bridgehead atoms. The number of aryl methyl sites for hydroxylation is 1. The van der Waals surface area contributed by atoms with Gasteiger partial charge < -0.3 is 0 Å². The van der Waals surface area contributed by atoms with Gasteiger partial charge in [-0.3, -0.25) is 0 Å². The normalized spacial score (nSPS) is 22.2. The summed E-state index contributed by atoms with van der Waals surface area (Å²) in [5, 5.41) is 15.7. The summed E-state index contributed by atoms with van der Waals surface area (Å²) in [6, 6.07) is 4.40. The molecule has 3 heterocycles. The van der Waals surface area contributed by atoms with Gasteiger partial charge in [0.05, 0.1) is 27.5 Å². The first-order valence-corrected chi connectivity index (χ1v) is 8.74. The van der Waals surface area contributed by atoms with Crippen molar-refractivity contribution in [1.29, 1.82) is 5.26 Å². The fourth-order valence-corrected chi connectivity index (χ4v) is 4.73. The third-order valence-electron chi connectivity index (χ3n) is 4.93. The highest BCUT2D eigenvalue weighted by Crippen LogP contribution is 2.41. The standard InChI is InChI=1S/C17H18N4S/c1-11-15(13-4-2-12(3-5-13)6-8-18)16-17-14(7-9-22-17)19-10-21(16)20-11/h7,9-10,12-13H,2-6H2,1H3. The van der Waals surface area contributed by atoms with Gasteiger partial charge in [0.1, 0.15) is 6.33 Å². The fourth-order valence-electron chi connectivity index (χ4n) is 3.84. The van der Waals surface area contributed by atoms with E-state index in [-0.39, 0.29) is 0 Å². The average Bonchev–Trinajstić information content (AvgIpc) is 3.11. The molecule has 0 N–H and O–H groups in total. The summed E-state index contributed by atoms with van der Waals surface area (Å²) in [6.45, 7) is 2.11. The minimum atomic E-state index is 0.570. The van der Waals surface area contributed by atoms with Gasteiger partial charge in [0, 0.05) is 12.0 Å². The number of hydrogen-bond acceptors (Lipinski definition) is 4. The van der Waals surface area contributed by atoms with Gasteiger partial charge in [0.25, 0.3) is 0 Å². The molecule has 0 amide bonds. The lowest BCUT2D eigenvalue weighted by atomic mass is 9.77. The van der Waals surface area contributed by atoms with Crippen molar-refractivity contribution >= 4 is 27.1 Å². The Hall–Kier alpha value is -1.93. The highest BCUT2D eigenvalue weighted by molar-refractivity contribution is 7.18. The van der Waals surface area contributed by atoms with E-state index in [0.717, 1.165) is 24.1 Å². The molecule has 0 radical (unpaired) electrons. The Morgan fingerprint density at radius 1 is 1.36 bits per heavy atom. The summed E-state index contributed by atoms with van der Waals surface area (Å²) in [5.41, 5.74) is 4.86. The first-order valence-electron chi connectivity index (χ1n) is 7.86. The Kier molecular flexibility index (Phi) is 3.34. The number of nitriles is 1. The largest absolute Gasteiger partial charge is 0.235 e. The van der Waals surface area contributed by atoms with Crippen LogP contribution in [0, 0.1) is 24.2 Å². The first kappa shape index (κ1) is 13.7. The summed E-state index contributed by atoms with van der Waals surface area (Å²) in [4.78, 5) is 4.48. The van der Waals surface area contributed by atoms with Gasteiger partial charge in [-0.1, -0.05) is 0 Å². The van der Waals surface area contributed by atoms with Gasteiger partial charge in [-0.2, -0.15) is 10.4 Å². The molecule has 0 saturated heterocycles. The molecule has 4 rings (SSSR count). The number of aromatic nitrogens is 3. The first-order chi connectivity index (χ1) is 10.8. The van der Waals surface area contributed by atoms with Crippen molar-refractivity contribution in [2.24, 2.45) is 5.92 Å². The molecule has 1 saturated carbocycles. The Balaban J connectivity index is 1.77. The molecule has 3 aromatic rings. The summed E-state index contributed by atoms with van der Waals surface area (Å²) >= 11 is 1.75. The predicted octanol–water partition coefficient (Wildman–Crippen LogP) is 4.44. The minimum absolute atomic E-state index is 0.570. The molecule has 0 unspecified atom stereocenters. The van der Waals surface area contributed by atoms with E-state index in [1.165, 1.54) is 28.6 Å². The second kappa shape index (κ2) is 5.36. The van der Waals surface area contributed by atoms with Crippen molar-refractivity contribution in [2.75, 3.05) is 0 Å². The quantitative estimate of drug-likeness (QED) is 0.703. The van der Waals surface area contributed by atoms with Gasteiger partial charge in [0.2, 0.25) is 0 Å². The van der Waals surface area contributed by atoms with E-state index in [0.29, 0.717) is 18.3 Å². The smallest absolute Gasteiger partial charge is 0.118 e. The van der Waals surface area contributed by atoms with Gasteiger partial charge >= 0.3 is 0 Å². The van der Waals surface area contributed by atoms with Crippen molar-refractivity contribution in [3.05, 3.63) is 29.0 Å². The lowest BCUT2D eigenvalue weighted by Gasteiger charge is -2.27. The second-order valence-electron chi connectivity index (χ2n) is 6.25. The topological polar surface area (TPSA) is 54.0 Å². The summed E-state index contributed by atoms with van der Waals surface area (Å²) in [7, 11) is 0. The van der Waals surface area contributed by atoms with Crippen LogP contribution in [0.2, 0.25) is 0 Å². The minimum Gasteiger partial charge on any atom is -0.235 e. The van der Waals surface area contributed by atoms with Gasteiger partial charge in [-0.05, 0) is 55.9 Å². The predicted molar refractivity (Wildman–Crippen MR) is 88.0 cm³/mol. The van der Waals surface area contributed by atoms with Gasteiger partial charge in [-0.25, -0.2) is 9.50 Å². The molecule has 3 aromatic heterocycles. The molecule has 22 heavy (non-hydrogen) atoms. The zero-order valence-electron chi connectivity index (χ0n) is 12.6. The Labute approximate surface area is 133 Å². The summed E-state index contributed by atoms with van der Waals surface area (Å²) in [6.07, 6.45) is 7.20. The van der Waals surface area contributed by atoms with Crippen LogP contribution in [0.1, 0.15) is 49.3 Å². The van der Waals surface area contributed by atoms with Crippen LogP contribution in [0.5, 0.6) is 0 Å². The van der Waals surface area contributed by atoms with E-state index in [1.807, 2.05) is 10.8 Å². The van der Waals surface area contributed by atoms with Crippen LogP contribution < -0.4 is 0 Å². The molecule has 1 aliphatic carbocycles. The highest BCUT2D eigenvalue weighted by atomic mass is 32.1. The lowest BCUT2D eigenvalue weighted by molar-refractivity contribution is 0.331. The molecule has 1 aliphatic rings. The van der Waals surface area contributed by atoms with E-state index in [1.54, 1.807) is 11.3 Å². The van der Waals surface area contributed by atoms with E-state index in [9.17, 15) is 0 Å². The number of nitrogens with zero attached hydrogens (tertiary/aromatic N) is 4. The van der Waals surface area contributed by atoms with Crippen LogP contribution in [0.25, 0.3) is 15.7 Å². The molecule has 0 atom stereocenters. The monoisotopic (exact) mass is 310 g/mol. The van der Waals surface area contributed by atoms with Crippen LogP contribution in [0.15, 0.2) is 17.8 Å². The maximum Gasteiger partial charge on any atom is 0.118 e. The van der Waals surface area contributed by atoms with Crippen molar-refractivity contribution < 1.29 is 0 Å². The van der Waals surface area contributed by atoms with Crippen LogP contribution in [0.4, 0.5) is 0 Å². The third kappa shape index (κ3) is 2.10. The zero-order chi connectivity index (χ0) is 15.1. The molecular weight excluding hydrogens is 292 g/mol. The molecular formula is C17H18N4S. The summed E-state index contributed by atoms with van der Waals surface area (Å²) in [5.74, 6) is 1.16. The zero-order valence-corrected chi connectivity index (χ0v) is 13.4. The molecule has 0 aliphatic heterocycles. The van der Waals surface area contributed by atoms with Crippen LogP contribution >= 0.6 is 11.3 Å². The fraction of sp³-hybridized carbons (Fsp3) is 0.471. The van der Waals surface area contributed by atoms with Crippen molar-refractivity contribution in [3.63, 3.8) is 0 Å². The van der Waals surface area contributed by atoms with E-state index in [4.69, 9.17) is 5.26 Å². The Morgan fingerprint density at radius 2 is 2.18 bits per heavy atom. The number of hydrogen-bond donors (Lipinski definition) is 0. The third-order valence-corrected chi connectivity index (χ3v) is 5.84. The van der Waals surface area contributed by atoms with Gasteiger partial charge in [0.15, 0.2) is 0 Å². The van der Waals surface area contributed by atoms with E-state index < -0.39 is 0 Å². The average molecular weight is 310 g/mol. The number of rotatable bonds is 2. The number of fused-ring (bicyclic) bond motifs is 3. The molecule has 5 heteroatoms. The van der Waals surface area contributed by atoms with E-state index >= 15 is 0 Å². The molecule has 112 valence electrons. The van der Waals surface area contributed by atoms with Crippen molar-refractivity contribution in [1.82, 2.24) is 14.6 Å². The molecule has 0 spiro atoms. The van der Waals surface area contributed by atoms with Crippen LogP contribution in [0.3, 0.4) is 0 Å². The number of thiophene rings is 1. The SMILES string of the molecule is Cc1nn2cnc3ccsc3c2c1C1CCC(CC#N)CC1. The maximum absolute atomic E-state index is 8.88. The van der Waals surface area contributed by atoms with Crippen molar-refractivity contribution in [3.8, 4) is 6.07 Å². The van der Waals surface area contributed by atoms with Gasteiger partial charge in [-0.15, -0.1) is 11.3 Å². The molecule has 1 fully saturated rings. The Morgan fingerprint density at radius 3 is 2.95 bits per heavy atom. The molecule has 0 aromatic carbocycles. The second-order valence-corrected chi connectivity index (χ2v) is 7.17. The summed E-state index contributed by atoms with van der Waals surface area (Å²) < 4.78 is 3.20. The van der Waals surface area contributed by atoms with Crippen LogP contribution in [-0.4, -0.2) is 14.6 Å². The van der Waals surface area contributed by atoms with Crippen molar-refractivity contribution in [2.45, 2.75) is 44.9 Å². The van der Waals surface area contributed by atoms with E-state index in [2.05, 4.69) is 34.5 Å². The highest BCUT2D eigenvalue weighted by Gasteiger charge is 2.27. The lowest BCUT2D eigenvalue weighted by Crippen LogP contribution is -2.13.